The number of aliphatic carboxylic acids is 2. The quantitative estimate of drug-likeness (QED) is 0.289. The summed E-state index contributed by atoms with van der Waals surface area (Å²) < 4.78 is 6.30. The molecule has 2 aromatic rings. The Morgan fingerprint density at radius 3 is 2.11 bits per heavy atom. The second-order valence-electron chi connectivity index (χ2n) is 10.0. The normalized spacial score (nSPS) is 23.8. The SMILES string of the molecule is N=C(OC1CN2CCC1CC2)N1CCc2ccccc2C1c1ccccc1.O=C(O)CCCCC(=O)O. The maximum Gasteiger partial charge on any atom is 0.303 e. The van der Waals surface area contributed by atoms with Gasteiger partial charge in [0, 0.05) is 25.9 Å². The van der Waals surface area contributed by atoms with Crippen LogP contribution in [0.5, 0.6) is 0 Å². The number of hydrogen-bond donors (Lipinski definition) is 3. The molecule has 0 aliphatic carbocycles. The number of piperidine rings is 3. The van der Waals surface area contributed by atoms with Crippen LogP contribution >= 0.6 is 0 Å². The molecule has 3 saturated heterocycles. The van der Waals surface area contributed by atoms with Crippen LogP contribution in [-0.2, 0) is 20.7 Å². The number of hydrogen-bond acceptors (Lipinski definition) is 5. The molecule has 8 nitrogen and oxygen atoms in total. The Balaban J connectivity index is 0.000000275. The van der Waals surface area contributed by atoms with Crippen LogP contribution in [0.2, 0.25) is 0 Å². The third-order valence-electron chi connectivity index (χ3n) is 7.55. The van der Waals surface area contributed by atoms with Gasteiger partial charge in [-0.2, -0.15) is 0 Å². The molecule has 37 heavy (non-hydrogen) atoms. The maximum absolute atomic E-state index is 9.90. The van der Waals surface area contributed by atoms with Crippen molar-refractivity contribution in [1.82, 2.24) is 9.80 Å². The summed E-state index contributed by atoms with van der Waals surface area (Å²) >= 11 is 0. The third kappa shape index (κ3) is 7.10. The summed E-state index contributed by atoms with van der Waals surface area (Å²) in [5, 5.41) is 25.1. The van der Waals surface area contributed by atoms with Crippen molar-refractivity contribution in [2.24, 2.45) is 5.92 Å². The van der Waals surface area contributed by atoms with Crippen molar-refractivity contribution >= 4 is 18.0 Å². The highest BCUT2D eigenvalue weighted by Crippen LogP contribution is 2.36. The number of ether oxygens (including phenoxy) is 1. The minimum absolute atomic E-state index is 0.0599. The number of rotatable bonds is 7. The first-order chi connectivity index (χ1) is 17.9. The topological polar surface area (TPSA) is 114 Å². The molecule has 3 N–H and O–H groups in total. The van der Waals surface area contributed by atoms with Gasteiger partial charge in [0.2, 0.25) is 0 Å². The predicted octanol–water partition coefficient (Wildman–Crippen LogP) is 4.40. The largest absolute Gasteiger partial charge is 0.481 e. The molecule has 8 heteroatoms. The van der Waals surface area contributed by atoms with Gasteiger partial charge in [-0.3, -0.25) is 19.9 Å². The lowest BCUT2D eigenvalue weighted by atomic mass is 9.86. The van der Waals surface area contributed by atoms with Gasteiger partial charge in [-0.05, 0) is 67.8 Å². The monoisotopic (exact) mass is 507 g/mol. The van der Waals surface area contributed by atoms with Crippen LogP contribution in [0, 0.1) is 11.3 Å². The third-order valence-corrected chi connectivity index (χ3v) is 7.55. The van der Waals surface area contributed by atoms with Gasteiger partial charge in [-0.15, -0.1) is 0 Å². The lowest BCUT2D eigenvalue weighted by Gasteiger charge is -2.46. The van der Waals surface area contributed by atoms with Gasteiger partial charge < -0.3 is 19.8 Å². The number of carbonyl (C=O) groups is 2. The van der Waals surface area contributed by atoms with Crippen molar-refractivity contribution in [2.75, 3.05) is 26.2 Å². The van der Waals surface area contributed by atoms with Gasteiger partial charge in [0.1, 0.15) is 6.10 Å². The molecule has 2 aromatic carbocycles. The molecular weight excluding hydrogens is 470 g/mol. The van der Waals surface area contributed by atoms with E-state index in [1.165, 1.54) is 42.6 Å². The van der Waals surface area contributed by atoms with E-state index in [4.69, 9.17) is 20.4 Å². The molecule has 6 rings (SSSR count). The fraction of sp³-hybridized carbons (Fsp3) is 0.483. The van der Waals surface area contributed by atoms with Gasteiger partial charge in [0.05, 0.1) is 6.04 Å². The number of carboxylic acids is 2. The molecule has 198 valence electrons. The molecule has 0 spiro atoms. The van der Waals surface area contributed by atoms with E-state index in [-0.39, 0.29) is 25.0 Å². The zero-order valence-electron chi connectivity index (χ0n) is 21.2. The van der Waals surface area contributed by atoms with E-state index in [2.05, 4.69) is 64.4 Å². The van der Waals surface area contributed by atoms with Crippen LogP contribution in [0.15, 0.2) is 54.6 Å². The molecule has 4 aliphatic heterocycles. The molecule has 3 fully saturated rings. The van der Waals surface area contributed by atoms with Gasteiger partial charge in [0.15, 0.2) is 0 Å². The van der Waals surface area contributed by atoms with E-state index in [0.717, 1.165) is 19.5 Å². The average molecular weight is 508 g/mol. The molecule has 2 bridgehead atoms. The summed E-state index contributed by atoms with van der Waals surface area (Å²) in [7, 11) is 0. The second-order valence-corrected chi connectivity index (χ2v) is 10.0. The van der Waals surface area contributed by atoms with Crippen LogP contribution in [0.4, 0.5) is 0 Å². The van der Waals surface area contributed by atoms with Crippen molar-refractivity contribution in [1.29, 1.82) is 5.41 Å². The molecule has 0 saturated carbocycles. The Bertz CT molecular complexity index is 1050. The highest BCUT2D eigenvalue weighted by Gasteiger charge is 2.38. The van der Waals surface area contributed by atoms with E-state index in [9.17, 15) is 9.59 Å². The second kappa shape index (κ2) is 12.7. The number of unbranched alkanes of at least 4 members (excludes halogenated alkanes) is 1. The summed E-state index contributed by atoms with van der Waals surface area (Å²) in [5.74, 6) is -1.13. The fourth-order valence-electron chi connectivity index (χ4n) is 5.59. The Morgan fingerprint density at radius 1 is 0.892 bits per heavy atom. The first-order valence-corrected chi connectivity index (χ1v) is 13.2. The van der Waals surface area contributed by atoms with Gasteiger partial charge in [-0.25, -0.2) is 0 Å². The number of carboxylic acid groups (broad SMARTS) is 2. The zero-order chi connectivity index (χ0) is 26.2. The Morgan fingerprint density at radius 2 is 1.51 bits per heavy atom. The Hall–Kier alpha value is -3.39. The molecular formula is C29H37N3O5. The van der Waals surface area contributed by atoms with Crippen LogP contribution in [0.1, 0.15) is 61.3 Å². The van der Waals surface area contributed by atoms with E-state index >= 15 is 0 Å². The Kier molecular flexibility index (Phi) is 9.17. The highest BCUT2D eigenvalue weighted by atomic mass is 16.5. The van der Waals surface area contributed by atoms with Crippen LogP contribution < -0.4 is 0 Å². The smallest absolute Gasteiger partial charge is 0.303 e. The zero-order valence-corrected chi connectivity index (χ0v) is 21.2. The molecule has 0 radical (unpaired) electrons. The van der Waals surface area contributed by atoms with Crippen molar-refractivity contribution < 1.29 is 24.5 Å². The molecule has 4 aliphatic rings. The maximum atomic E-state index is 9.90. The molecule has 4 heterocycles. The molecule has 0 amide bonds. The number of nitrogens with one attached hydrogen (secondary N) is 1. The van der Waals surface area contributed by atoms with Crippen molar-refractivity contribution in [3.8, 4) is 0 Å². The first kappa shape index (κ1) is 26.7. The van der Waals surface area contributed by atoms with Crippen LogP contribution in [0.25, 0.3) is 0 Å². The minimum Gasteiger partial charge on any atom is -0.481 e. The molecule has 2 atom stereocenters. The minimum atomic E-state index is -0.870. The summed E-state index contributed by atoms with van der Waals surface area (Å²) in [5.41, 5.74) is 3.92. The van der Waals surface area contributed by atoms with Crippen molar-refractivity contribution in [3.05, 3.63) is 71.3 Å². The van der Waals surface area contributed by atoms with Crippen LogP contribution in [-0.4, -0.2) is 70.3 Å². The first-order valence-electron chi connectivity index (χ1n) is 13.2. The van der Waals surface area contributed by atoms with Gasteiger partial charge in [0.25, 0.3) is 6.02 Å². The van der Waals surface area contributed by atoms with Gasteiger partial charge in [-0.1, -0.05) is 54.6 Å². The highest BCUT2D eigenvalue weighted by molar-refractivity contribution is 5.73. The van der Waals surface area contributed by atoms with Crippen molar-refractivity contribution in [2.45, 2.75) is 57.1 Å². The summed E-state index contributed by atoms with van der Waals surface area (Å²) in [6.45, 7) is 4.20. The average Bonchev–Trinajstić information content (AvgIpc) is 2.92. The molecule has 0 aromatic heterocycles. The lowest BCUT2D eigenvalue weighted by molar-refractivity contribution is -0.139. The summed E-state index contributed by atoms with van der Waals surface area (Å²) in [4.78, 5) is 24.4. The van der Waals surface area contributed by atoms with Gasteiger partial charge >= 0.3 is 11.9 Å². The van der Waals surface area contributed by atoms with E-state index in [1.807, 2.05) is 0 Å². The fourth-order valence-corrected chi connectivity index (χ4v) is 5.59. The Labute approximate surface area is 218 Å². The van der Waals surface area contributed by atoms with E-state index < -0.39 is 11.9 Å². The molecule has 2 unspecified atom stereocenters. The number of nitrogens with zero attached hydrogens (tertiary/aromatic N) is 2. The van der Waals surface area contributed by atoms with Crippen molar-refractivity contribution in [3.63, 3.8) is 0 Å². The van der Waals surface area contributed by atoms with E-state index in [0.29, 0.717) is 24.8 Å². The predicted molar refractivity (Wildman–Crippen MR) is 141 cm³/mol. The van der Waals surface area contributed by atoms with Crippen LogP contribution in [0.3, 0.4) is 0 Å². The standard InChI is InChI=1S/C23H27N3O.C6H10O4/c24-23(27-21-16-25-13-10-18(21)11-14-25)26-15-12-17-6-4-5-9-20(17)22(26)19-7-2-1-3-8-19;7-5(8)3-1-2-4-6(9)10/h1-9,18,21-22,24H,10-16H2;1-4H2,(H,7,8)(H,9,10). The summed E-state index contributed by atoms with van der Waals surface area (Å²) in [6.07, 6.45) is 4.58. The summed E-state index contributed by atoms with van der Waals surface area (Å²) in [6, 6.07) is 19.6. The number of fused-ring (bicyclic) bond motifs is 4. The number of amidine groups is 1. The number of benzene rings is 2. The lowest BCUT2D eigenvalue weighted by Crippen LogP contribution is -2.53. The van der Waals surface area contributed by atoms with E-state index in [1.54, 1.807) is 0 Å².